The van der Waals surface area contributed by atoms with Crippen molar-refractivity contribution in [1.29, 1.82) is 0 Å². The molecular weight excluding hydrogens is 236 g/mol. The van der Waals surface area contributed by atoms with Gasteiger partial charge in [-0.15, -0.1) is 12.4 Å². The molecule has 92 valence electrons. The minimum atomic E-state index is -2.87. The molecule has 0 spiro atoms. The lowest BCUT2D eigenvalue weighted by molar-refractivity contribution is 0.272. The molecule has 1 saturated heterocycles. The number of sulfone groups is 1. The fourth-order valence-corrected chi connectivity index (χ4v) is 2.88. The molecule has 0 aromatic heterocycles. The molecule has 0 bridgehead atoms. The van der Waals surface area contributed by atoms with Gasteiger partial charge in [-0.2, -0.15) is 0 Å². The predicted molar refractivity (Wildman–Crippen MR) is 65.2 cm³/mol. The van der Waals surface area contributed by atoms with E-state index in [1.54, 1.807) is 0 Å². The summed E-state index contributed by atoms with van der Waals surface area (Å²) in [6.07, 6.45) is 2.06. The van der Waals surface area contributed by atoms with E-state index in [1.807, 2.05) is 13.8 Å². The summed E-state index contributed by atoms with van der Waals surface area (Å²) in [4.78, 5) is 2.13. The summed E-state index contributed by atoms with van der Waals surface area (Å²) in [5, 5.41) is -0.190. The first-order valence-electron chi connectivity index (χ1n) is 4.88. The van der Waals surface area contributed by atoms with Crippen LogP contribution in [0.25, 0.3) is 0 Å². The quantitative estimate of drug-likeness (QED) is 0.787. The van der Waals surface area contributed by atoms with Crippen molar-refractivity contribution in [2.45, 2.75) is 31.1 Å². The average Bonchev–Trinajstić information content (AvgIpc) is 2.29. The second-order valence-corrected chi connectivity index (χ2v) is 7.29. The van der Waals surface area contributed by atoms with E-state index in [0.717, 1.165) is 19.5 Å². The number of nitrogens with zero attached hydrogens (tertiary/aromatic N) is 1. The summed E-state index contributed by atoms with van der Waals surface area (Å²) in [6, 6.07) is 0. The SMILES string of the molecule is CC(C)(N)CN1CCC(S(C)(=O)=O)C1.Cl. The van der Waals surface area contributed by atoms with Crippen LogP contribution in [-0.4, -0.2) is 50.0 Å². The fraction of sp³-hybridized carbons (Fsp3) is 1.00. The first-order valence-corrected chi connectivity index (χ1v) is 6.84. The third kappa shape index (κ3) is 5.15. The lowest BCUT2D eigenvalue weighted by atomic mass is 10.1. The van der Waals surface area contributed by atoms with Gasteiger partial charge in [0.05, 0.1) is 5.25 Å². The van der Waals surface area contributed by atoms with Gasteiger partial charge in [0.2, 0.25) is 0 Å². The van der Waals surface area contributed by atoms with Crippen molar-refractivity contribution >= 4 is 22.2 Å². The number of hydrogen-bond acceptors (Lipinski definition) is 4. The Hall–Kier alpha value is 0.160. The first kappa shape index (κ1) is 15.2. The number of halogens is 1. The van der Waals surface area contributed by atoms with Crippen LogP contribution in [-0.2, 0) is 9.84 Å². The predicted octanol–water partition coefficient (Wildman–Crippen LogP) is 0.264. The molecule has 1 atom stereocenters. The van der Waals surface area contributed by atoms with Gasteiger partial charge in [-0.25, -0.2) is 8.42 Å². The maximum absolute atomic E-state index is 11.3. The van der Waals surface area contributed by atoms with Gasteiger partial charge in [0, 0.05) is 24.9 Å². The number of likely N-dealkylation sites (tertiary alicyclic amines) is 1. The van der Waals surface area contributed by atoms with Gasteiger partial charge in [-0.3, -0.25) is 0 Å². The Kier molecular flexibility index (Phi) is 5.05. The molecule has 0 saturated carbocycles. The Morgan fingerprint density at radius 2 is 2.00 bits per heavy atom. The second-order valence-electron chi connectivity index (χ2n) is 4.96. The lowest BCUT2D eigenvalue weighted by Crippen LogP contribution is -2.45. The molecule has 2 N–H and O–H groups in total. The van der Waals surface area contributed by atoms with Gasteiger partial charge in [0.25, 0.3) is 0 Å². The summed E-state index contributed by atoms with van der Waals surface area (Å²) in [5.41, 5.74) is 5.64. The molecule has 15 heavy (non-hydrogen) atoms. The third-order valence-corrected chi connectivity index (χ3v) is 4.06. The Balaban J connectivity index is 0.00000196. The molecule has 0 aromatic carbocycles. The largest absolute Gasteiger partial charge is 0.324 e. The molecule has 0 amide bonds. The van der Waals surface area contributed by atoms with E-state index in [0.29, 0.717) is 6.54 Å². The third-order valence-electron chi connectivity index (χ3n) is 2.47. The van der Waals surface area contributed by atoms with E-state index in [4.69, 9.17) is 5.73 Å². The highest BCUT2D eigenvalue weighted by molar-refractivity contribution is 7.91. The van der Waals surface area contributed by atoms with Crippen molar-refractivity contribution in [3.05, 3.63) is 0 Å². The van der Waals surface area contributed by atoms with E-state index in [2.05, 4.69) is 4.90 Å². The maximum Gasteiger partial charge on any atom is 0.151 e. The molecule has 1 heterocycles. The molecule has 0 radical (unpaired) electrons. The highest BCUT2D eigenvalue weighted by Gasteiger charge is 2.31. The van der Waals surface area contributed by atoms with E-state index in [1.165, 1.54) is 6.26 Å². The van der Waals surface area contributed by atoms with Gasteiger partial charge in [0.1, 0.15) is 0 Å². The summed E-state index contributed by atoms with van der Waals surface area (Å²) in [7, 11) is -2.87. The molecule has 1 aliphatic heterocycles. The van der Waals surface area contributed by atoms with Crippen molar-refractivity contribution in [2.75, 3.05) is 25.9 Å². The Morgan fingerprint density at radius 1 is 1.47 bits per heavy atom. The van der Waals surface area contributed by atoms with Gasteiger partial charge in [-0.05, 0) is 26.8 Å². The van der Waals surface area contributed by atoms with Crippen molar-refractivity contribution in [2.24, 2.45) is 5.73 Å². The van der Waals surface area contributed by atoms with Crippen LogP contribution in [0.15, 0.2) is 0 Å². The smallest absolute Gasteiger partial charge is 0.151 e. The lowest BCUT2D eigenvalue weighted by Gasteiger charge is -2.25. The van der Waals surface area contributed by atoms with Crippen LogP contribution in [0.5, 0.6) is 0 Å². The molecule has 6 heteroatoms. The Labute approximate surface area is 98.5 Å². The minimum Gasteiger partial charge on any atom is -0.324 e. The second kappa shape index (κ2) is 4.99. The topological polar surface area (TPSA) is 63.4 Å². The highest BCUT2D eigenvalue weighted by atomic mass is 35.5. The molecule has 1 unspecified atom stereocenters. The molecule has 4 nitrogen and oxygen atoms in total. The van der Waals surface area contributed by atoms with E-state index in [9.17, 15) is 8.42 Å². The van der Waals surface area contributed by atoms with Gasteiger partial charge < -0.3 is 10.6 Å². The highest BCUT2D eigenvalue weighted by Crippen LogP contribution is 2.17. The zero-order valence-electron chi connectivity index (χ0n) is 9.56. The summed E-state index contributed by atoms with van der Waals surface area (Å²) in [6.45, 7) is 6.17. The molecule has 1 aliphatic rings. The normalized spacial score (nSPS) is 23.9. The van der Waals surface area contributed by atoms with Gasteiger partial charge in [0.15, 0.2) is 9.84 Å². The van der Waals surface area contributed by atoms with E-state index in [-0.39, 0.29) is 23.2 Å². The monoisotopic (exact) mass is 256 g/mol. The summed E-state index contributed by atoms with van der Waals surface area (Å²) < 4.78 is 22.6. The van der Waals surface area contributed by atoms with E-state index >= 15 is 0 Å². The van der Waals surface area contributed by atoms with Crippen LogP contribution in [0, 0.1) is 0 Å². The van der Waals surface area contributed by atoms with Gasteiger partial charge >= 0.3 is 0 Å². The number of nitrogens with two attached hydrogens (primary N) is 1. The Bertz CT molecular complexity index is 298. The molecule has 1 fully saturated rings. The van der Waals surface area contributed by atoms with Crippen molar-refractivity contribution < 1.29 is 8.42 Å². The summed E-state index contributed by atoms with van der Waals surface area (Å²) >= 11 is 0. The van der Waals surface area contributed by atoms with Crippen LogP contribution in [0.3, 0.4) is 0 Å². The fourth-order valence-electron chi connectivity index (χ4n) is 1.87. The van der Waals surface area contributed by atoms with Crippen LogP contribution >= 0.6 is 12.4 Å². The van der Waals surface area contributed by atoms with Crippen molar-refractivity contribution in [3.8, 4) is 0 Å². The van der Waals surface area contributed by atoms with Crippen LogP contribution in [0.4, 0.5) is 0 Å². The van der Waals surface area contributed by atoms with Gasteiger partial charge in [-0.1, -0.05) is 0 Å². The molecule has 1 rings (SSSR count). The van der Waals surface area contributed by atoms with E-state index < -0.39 is 9.84 Å². The number of hydrogen-bond donors (Lipinski definition) is 1. The van der Waals surface area contributed by atoms with Crippen LogP contribution in [0.2, 0.25) is 0 Å². The number of rotatable bonds is 3. The molecular formula is C9H21ClN2O2S. The molecule has 0 aromatic rings. The average molecular weight is 257 g/mol. The van der Waals surface area contributed by atoms with Crippen molar-refractivity contribution in [1.82, 2.24) is 4.90 Å². The summed E-state index contributed by atoms with van der Waals surface area (Å²) in [5.74, 6) is 0. The van der Waals surface area contributed by atoms with Crippen LogP contribution in [0.1, 0.15) is 20.3 Å². The minimum absolute atomic E-state index is 0. The standard InChI is InChI=1S/C9H20N2O2S.ClH/c1-9(2,10)7-11-5-4-8(6-11)14(3,12)13;/h8H,4-7,10H2,1-3H3;1H. The maximum atomic E-state index is 11.3. The first-order chi connectivity index (χ1) is 6.18. The van der Waals surface area contributed by atoms with Crippen LogP contribution < -0.4 is 5.73 Å². The Morgan fingerprint density at radius 3 is 2.33 bits per heavy atom. The zero-order valence-corrected chi connectivity index (χ0v) is 11.2. The molecule has 0 aliphatic carbocycles. The zero-order chi connectivity index (χ0) is 11.0. The van der Waals surface area contributed by atoms with Crippen molar-refractivity contribution in [3.63, 3.8) is 0 Å².